The molecule has 1 atom stereocenters. The van der Waals surface area contributed by atoms with Crippen molar-refractivity contribution in [3.05, 3.63) is 35.2 Å². The van der Waals surface area contributed by atoms with E-state index in [2.05, 4.69) is 0 Å². The highest BCUT2D eigenvalue weighted by Crippen LogP contribution is 2.29. The van der Waals surface area contributed by atoms with Gasteiger partial charge in [-0.15, -0.1) is 11.3 Å². The molecule has 1 unspecified atom stereocenters. The minimum atomic E-state index is -2.51. The van der Waals surface area contributed by atoms with Crippen molar-refractivity contribution in [1.82, 2.24) is 0 Å². The summed E-state index contributed by atoms with van der Waals surface area (Å²) >= 11 is 1.57. The van der Waals surface area contributed by atoms with E-state index in [1.54, 1.807) is 11.3 Å². The number of thiophene rings is 1. The SMILES string of the molecule is CC(N)(Cc1csc2ccccc12)C(F)F. The van der Waals surface area contributed by atoms with Crippen LogP contribution in [0.15, 0.2) is 29.6 Å². The van der Waals surface area contributed by atoms with Gasteiger partial charge in [-0.05, 0) is 35.7 Å². The van der Waals surface area contributed by atoms with Gasteiger partial charge in [-0.2, -0.15) is 0 Å². The Morgan fingerprint density at radius 3 is 2.75 bits per heavy atom. The summed E-state index contributed by atoms with van der Waals surface area (Å²) in [5.41, 5.74) is 5.05. The fourth-order valence-electron chi connectivity index (χ4n) is 1.66. The van der Waals surface area contributed by atoms with Crippen LogP contribution >= 0.6 is 11.3 Å². The average Bonchev–Trinajstić information content (AvgIpc) is 2.61. The Morgan fingerprint density at radius 1 is 1.38 bits per heavy atom. The van der Waals surface area contributed by atoms with Gasteiger partial charge >= 0.3 is 0 Å². The van der Waals surface area contributed by atoms with Gasteiger partial charge in [0.05, 0.1) is 5.54 Å². The molecule has 0 aliphatic carbocycles. The summed E-state index contributed by atoms with van der Waals surface area (Å²) in [5, 5.41) is 2.95. The zero-order valence-electron chi connectivity index (χ0n) is 8.91. The highest BCUT2D eigenvalue weighted by atomic mass is 32.1. The molecule has 0 saturated heterocycles. The first-order valence-electron chi connectivity index (χ1n) is 5.03. The highest BCUT2D eigenvalue weighted by molar-refractivity contribution is 7.17. The summed E-state index contributed by atoms with van der Waals surface area (Å²) in [6.45, 7) is 1.39. The minimum Gasteiger partial charge on any atom is -0.320 e. The predicted molar refractivity (Wildman–Crippen MR) is 64.1 cm³/mol. The lowest BCUT2D eigenvalue weighted by Gasteiger charge is -2.23. The van der Waals surface area contributed by atoms with Crippen LogP contribution in [0.3, 0.4) is 0 Å². The van der Waals surface area contributed by atoms with Gasteiger partial charge in [-0.25, -0.2) is 8.78 Å². The molecule has 2 aromatic rings. The summed E-state index contributed by atoms with van der Waals surface area (Å²) in [7, 11) is 0. The van der Waals surface area contributed by atoms with E-state index < -0.39 is 12.0 Å². The third-order valence-electron chi connectivity index (χ3n) is 2.63. The van der Waals surface area contributed by atoms with Crippen molar-refractivity contribution in [2.45, 2.75) is 25.3 Å². The first-order chi connectivity index (χ1) is 7.50. The van der Waals surface area contributed by atoms with Crippen LogP contribution in [-0.2, 0) is 6.42 Å². The number of nitrogens with two attached hydrogens (primary N) is 1. The minimum absolute atomic E-state index is 0.203. The third-order valence-corrected chi connectivity index (χ3v) is 3.64. The number of alkyl halides is 2. The van der Waals surface area contributed by atoms with Crippen LogP contribution < -0.4 is 5.73 Å². The van der Waals surface area contributed by atoms with E-state index in [0.717, 1.165) is 15.6 Å². The first kappa shape index (κ1) is 11.5. The maximum absolute atomic E-state index is 12.7. The molecule has 0 aliphatic rings. The van der Waals surface area contributed by atoms with Crippen LogP contribution in [0.1, 0.15) is 12.5 Å². The zero-order valence-corrected chi connectivity index (χ0v) is 9.73. The monoisotopic (exact) mass is 241 g/mol. The molecule has 2 N–H and O–H groups in total. The predicted octanol–water partition coefficient (Wildman–Crippen LogP) is 3.43. The maximum Gasteiger partial charge on any atom is 0.256 e. The summed E-state index contributed by atoms with van der Waals surface area (Å²) in [4.78, 5) is 0. The first-order valence-corrected chi connectivity index (χ1v) is 5.91. The largest absolute Gasteiger partial charge is 0.320 e. The molecule has 4 heteroatoms. The Hall–Kier alpha value is -1.00. The van der Waals surface area contributed by atoms with Crippen LogP contribution in [0.2, 0.25) is 0 Å². The number of hydrogen-bond donors (Lipinski definition) is 1. The van der Waals surface area contributed by atoms with E-state index in [-0.39, 0.29) is 6.42 Å². The van der Waals surface area contributed by atoms with E-state index >= 15 is 0 Å². The van der Waals surface area contributed by atoms with Crippen molar-refractivity contribution in [2.24, 2.45) is 5.73 Å². The second-order valence-corrected chi connectivity index (χ2v) is 5.15. The fraction of sp³-hybridized carbons (Fsp3) is 0.333. The molecule has 1 nitrogen and oxygen atoms in total. The Balaban J connectivity index is 2.35. The molecule has 0 amide bonds. The van der Waals surface area contributed by atoms with Crippen molar-refractivity contribution >= 4 is 21.4 Å². The van der Waals surface area contributed by atoms with Gasteiger partial charge in [-0.3, -0.25) is 0 Å². The second kappa shape index (κ2) is 4.11. The number of benzene rings is 1. The van der Waals surface area contributed by atoms with E-state index in [4.69, 9.17) is 5.73 Å². The third kappa shape index (κ3) is 2.08. The van der Waals surface area contributed by atoms with E-state index in [0.29, 0.717) is 0 Å². The Bertz CT molecular complexity index is 490. The Labute approximate surface area is 96.9 Å². The van der Waals surface area contributed by atoms with E-state index in [1.165, 1.54) is 6.92 Å². The maximum atomic E-state index is 12.7. The van der Waals surface area contributed by atoms with Gasteiger partial charge in [-0.1, -0.05) is 18.2 Å². The molecule has 0 saturated carbocycles. The summed E-state index contributed by atoms with van der Waals surface area (Å²) in [5.74, 6) is 0. The molecular formula is C12H13F2NS. The quantitative estimate of drug-likeness (QED) is 0.875. The Kier molecular flexibility index (Phi) is 2.95. The number of halogens is 2. The van der Waals surface area contributed by atoms with E-state index in [9.17, 15) is 8.78 Å². The zero-order chi connectivity index (χ0) is 11.8. The van der Waals surface area contributed by atoms with Crippen molar-refractivity contribution in [3.63, 3.8) is 0 Å². The van der Waals surface area contributed by atoms with Crippen molar-refractivity contribution in [1.29, 1.82) is 0 Å². The lowest BCUT2D eigenvalue weighted by Crippen LogP contribution is -2.45. The van der Waals surface area contributed by atoms with Gasteiger partial charge in [0.2, 0.25) is 0 Å². The molecular weight excluding hydrogens is 228 g/mol. The van der Waals surface area contributed by atoms with Crippen LogP contribution in [0, 0.1) is 0 Å². The van der Waals surface area contributed by atoms with Crippen LogP contribution in [0.25, 0.3) is 10.1 Å². The molecule has 1 aromatic carbocycles. The summed E-state index contributed by atoms with van der Waals surface area (Å²) in [6.07, 6.45) is -2.31. The summed E-state index contributed by atoms with van der Waals surface area (Å²) < 4.78 is 26.5. The molecule has 0 fully saturated rings. The number of fused-ring (bicyclic) bond motifs is 1. The fourth-order valence-corrected chi connectivity index (χ4v) is 2.62. The standard InChI is InChI=1S/C12H13F2NS/c1-12(15,11(13)14)6-8-7-16-10-5-3-2-4-9(8)10/h2-5,7,11H,6,15H2,1H3. The van der Waals surface area contributed by atoms with Crippen LogP contribution in [0.5, 0.6) is 0 Å². The molecule has 0 bridgehead atoms. The molecule has 2 rings (SSSR count). The summed E-state index contributed by atoms with van der Waals surface area (Å²) in [6, 6.07) is 7.79. The molecule has 1 heterocycles. The molecule has 0 spiro atoms. The van der Waals surface area contributed by atoms with E-state index in [1.807, 2.05) is 29.6 Å². The highest BCUT2D eigenvalue weighted by Gasteiger charge is 2.31. The van der Waals surface area contributed by atoms with Gasteiger partial charge in [0.15, 0.2) is 0 Å². The van der Waals surface area contributed by atoms with Crippen molar-refractivity contribution in [2.75, 3.05) is 0 Å². The van der Waals surface area contributed by atoms with Gasteiger partial charge in [0.25, 0.3) is 6.43 Å². The molecule has 0 radical (unpaired) electrons. The smallest absolute Gasteiger partial charge is 0.256 e. The molecule has 0 aliphatic heterocycles. The molecule has 16 heavy (non-hydrogen) atoms. The van der Waals surface area contributed by atoms with Crippen molar-refractivity contribution < 1.29 is 8.78 Å². The second-order valence-electron chi connectivity index (χ2n) is 4.24. The normalized spacial score (nSPS) is 15.6. The van der Waals surface area contributed by atoms with Crippen molar-refractivity contribution in [3.8, 4) is 0 Å². The van der Waals surface area contributed by atoms with Crippen LogP contribution in [0.4, 0.5) is 8.78 Å². The lowest BCUT2D eigenvalue weighted by atomic mass is 9.94. The average molecular weight is 241 g/mol. The van der Waals surface area contributed by atoms with Gasteiger partial charge in [0.1, 0.15) is 0 Å². The van der Waals surface area contributed by atoms with Crippen LogP contribution in [-0.4, -0.2) is 12.0 Å². The topological polar surface area (TPSA) is 26.0 Å². The Morgan fingerprint density at radius 2 is 2.06 bits per heavy atom. The number of hydrogen-bond acceptors (Lipinski definition) is 2. The van der Waals surface area contributed by atoms with Gasteiger partial charge < -0.3 is 5.73 Å². The lowest BCUT2D eigenvalue weighted by molar-refractivity contribution is 0.0641. The molecule has 86 valence electrons. The number of rotatable bonds is 3. The molecule has 1 aromatic heterocycles. The van der Waals surface area contributed by atoms with Gasteiger partial charge in [0, 0.05) is 4.70 Å².